The third-order valence-corrected chi connectivity index (χ3v) is 2.93. The molecule has 2 rings (SSSR count). The lowest BCUT2D eigenvalue weighted by atomic mass is 10.1. The molecule has 0 saturated carbocycles. The van der Waals surface area contributed by atoms with Gasteiger partial charge < -0.3 is 15.2 Å². The number of aliphatic hydroxyl groups excluding tert-OH is 1. The van der Waals surface area contributed by atoms with Gasteiger partial charge in [-0.1, -0.05) is 18.2 Å². The van der Waals surface area contributed by atoms with Gasteiger partial charge in [-0.25, -0.2) is 4.79 Å². The summed E-state index contributed by atoms with van der Waals surface area (Å²) in [6.45, 7) is 5.21. The predicted octanol–water partition coefficient (Wildman–Crippen LogP) is 1.99. The first-order valence-corrected chi connectivity index (χ1v) is 6.91. The van der Waals surface area contributed by atoms with E-state index in [1.165, 1.54) is 0 Å². The van der Waals surface area contributed by atoms with Crippen molar-refractivity contribution in [1.82, 2.24) is 15.5 Å². The van der Waals surface area contributed by atoms with Crippen LogP contribution in [-0.2, 0) is 11.2 Å². The quantitative estimate of drug-likeness (QED) is 0.804. The summed E-state index contributed by atoms with van der Waals surface area (Å²) in [7, 11) is 0. The van der Waals surface area contributed by atoms with E-state index in [2.05, 4.69) is 15.5 Å². The number of benzene rings is 1. The van der Waals surface area contributed by atoms with Gasteiger partial charge in [0.1, 0.15) is 5.60 Å². The Morgan fingerprint density at radius 2 is 2.14 bits per heavy atom. The molecule has 2 aromatic rings. The minimum absolute atomic E-state index is 0.174. The van der Waals surface area contributed by atoms with E-state index in [-0.39, 0.29) is 6.61 Å². The highest BCUT2D eigenvalue weighted by atomic mass is 16.6. The fraction of sp³-hybridized carbons (Fsp3) is 0.467. The highest BCUT2D eigenvalue weighted by Crippen LogP contribution is 2.16. The van der Waals surface area contributed by atoms with E-state index in [0.29, 0.717) is 6.42 Å². The molecule has 1 aromatic carbocycles. The second-order valence-electron chi connectivity index (χ2n) is 5.95. The smallest absolute Gasteiger partial charge is 0.407 e. The van der Waals surface area contributed by atoms with E-state index in [0.717, 1.165) is 16.6 Å². The van der Waals surface area contributed by atoms with Crippen LogP contribution in [0.25, 0.3) is 10.9 Å². The molecule has 0 aliphatic rings. The van der Waals surface area contributed by atoms with Crippen LogP contribution in [0.1, 0.15) is 26.5 Å². The van der Waals surface area contributed by atoms with E-state index in [1.807, 2.05) is 24.3 Å². The minimum Gasteiger partial charge on any atom is -0.444 e. The molecule has 0 radical (unpaired) electrons. The van der Waals surface area contributed by atoms with E-state index < -0.39 is 17.7 Å². The van der Waals surface area contributed by atoms with Gasteiger partial charge in [0, 0.05) is 17.5 Å². The maximum atomic E-state index is 11.7. The number of rotatable bonds is 4. The van der Waals surface area contributed by atoms with Gasteiger partial charge in [0.05, 0.1) is 18.2 Å². The summed E-state index contributed by atoms with van der Waals surface area (Å²) in [5.74, 6) is 0. The first-order chi connectivity index (χ1) is 9.89. The number of alkyl carbamates (subject to hydrolysis) is 1. The lowest BCUT2D eigenvalue weighted by Crippen LogP contribution is -2.42. The highest BCUT2D eigenvalue weighted by molar-refractivity contribution is 5.81. The Balaban J connectivity index is 2.04. The maximum Gasteiger partial charge on any atom is 0.407 e. The number of fused-ring (bicyclic) bond motifs is 1. The third-order valence-electron chi connectivity index (χ3n) is 2.93. The van der Waals surface area contributed by atoms with Gasteiger partial charge in [-0.05, 0) is 26.8 Å². The number of aromatic nitrogens is 2. The molecule has 0 fully saturated rings. The van der Waals surface area contributed by atoms with Crippen LogP contribution >= 0.6 is 0 Å². The van der Waals surface area contributed by atoms with Crippen LogP contribution in [0.5, 0.6) is 0 Å². The number of H-pyrrole nitrogens is 1. The Morgan fingerprint density at radius 1 is 1.43 bits per heavy atom. The minimum atomic E-state index is -0.565. The fourth-order valence-corrected chi connectivity index (χ4v) is 2.05. The van der Waals surface area contributed by atoms with Crippen molar-refractivity contribution >= 4 is 17.0 Å². The second-order valence-corrected chi connectivity index (χ2v) is 5.95. The maximum absolute atomic E-state index is 11.7. The van der Waals surface area contributed by atoms with Gasteiger partial charge in [0.15, 0.2) is 0 Å². The third kappa shape index (κ3) is 4.19. The second kappa shape index (κ2) is 6.13. The van der Waals surface area contributed by atoms with Crippen molar-refractivity contribution in [3.63, 3.8) is 0 Å². The Morgan fingerprint density at radius 3 is 2.81 bits per heavy atom. The molecule has 21 heavy (non-hydrogen) atoms. The van der Waals surface area contributed by atoms with Crippen LogP contribution in [0.15, 0.2) is 24.3 Å². The standard InChI is InChI=1S/C15H21N3O3/c1-15(2,3)21-14(20)16-10(9-19)8-13-11-6-4-5-7-12(11)17-18-13/h4-7,10,19H,8-9H2,1-3H3,(H,16,20)(H,17,18)/t10-/m0/s1. The fourth-order valence-electron chi connectivity index (χ4n) is 2.05. The molecule has 114 valence electrons. The van der Waals surface area contributed by atoms with Crippen molar-refractivity contribution in [3.8, 4) is 0 Å². The molecule has 1 heterocycles. The summed E-state index contributed by atoms with van der Waals surface area (Å²) >= 11 is 0. The number of amides is 1. The van der Waals surface area contributed by atoms with Gasteiger partial charge in [-0.3, -0.25) is 5.10 Å². The molecule has 0 unspecified atom stereocenters. The molecule has 1 aromatic heterocycles. The zero-order valence-corrected chi connectivity index (χ0v) is 12.5. The molecular weight excluding hydrogens is 270 g/mol. The molecule has 3 N–H and O–H groups in total. The van der Waals surface area contributed by atoms with Crippen LogP contribution in [0.3, 0.4) is 0 Å². The van der Waals surface area contributed by atoms with Crippen LogP contribution in [0.4, 0.5) is 4.79 Å². The first-order valence-electron chi connectivity index (χ1n) is 6.91. The summed E-state index contributed by atoms with van der Waals surface area (Å²) in [5.41, 5.74) is 1.17. The summed E-state index contributed by atoms with van der Waals surface area (Å²) in [5, 5.41) is 20.2. The van der Waals surface area contributed by atoms with Crippen LogP contribution < -0.4 is 5.32 Å². The number of aliphatic hydroxyl groups is 1. The molecule has 0 bridgehead atoms. The van der Waals surface area contributed by atoms with E-state index in [1.54, 1.807) is 20.8 Å². The van der Waals surface area contributed by atoms with E-state index in [4.69, 9.17) is 4.74 Å². The number of nitrogens with zero attached hydrogens (tertiary/aromatic N) is 1. The van der Waals surface area contributed by atoms with Crippen LogP contribution in [-0.4, -0.2) is 39.6 Å². The van der Waals surface area contributed by atoms with Crippen molar-refractivity contribution < 1.29 is 14.6 Å². The zero-order chi connectivity index (χ0) is 15.5. The number of hydrogen-bond acceptors (Lipinski definition) is 4. The molecule has 0 aliphatic carbocycles. The lowest BCUT2D eigenvalue weighted by molar-refractivity contribution is 0.0482. The van der Waals surface area contributed by atoms with Crippen LogP contribution in [0, 0.1) is 0 Å². The SMILES string of the molecule is CC(C)(C)OC(=O)N[C@H](CO)Cc1[nH]nc2ccccc12. The predicted molar refractivity (Wildman–Crippen MR) is 80.0 cm³/mol. The van der Waals surface area contributed by atoms with Gasteiger partial charge in [-0.15, -0.1) is 0 Å². The largest absolute Gasteiger partial charge is 0.444 e. The monoisotopic (exact) mass is 291 g/mol. The van der Waals surface area contributed by atoms with E-state index >= 15 is 0 Å². The van der Waals surface area contributed by atoms with Crippen molar-refractivity contribution in [2.24, 2.45) is 0 Å². The molecule has 0 aliphatic heterocycles. The molecule has 0 saturated heterocycles. The number of carbonyl (C=O) groups excluding carboxylic acids is 1. The number of carbonyl (C=O) groups is 1. The zero-order valence-electron chi connectivity index (χ0n) is 12.5. The Labute approximate surface area is 123 Å². The average molecular weight is 291 g/mol. The van der Waals surface area contributed by atoms with Crippen molar-refractivity contribution in [2.45, 2.75) is 38.8 Å². The summed E-state index contributed by atoms with van der Waals surface area (Å²) < 4.78 is 5.19. The Hall–Kier alpha value is -2.08. The Bertz CT molecular complexity index is 616. The number of ether oxygens (including phenoxy) is 1. The van der Waals surface area contributed by atoms with Crippen molar-refractivity contribution in [1.29, 1.82) is 0 Å². The number of hydrogen-bond donors (Lipinski definition) is 3. The van der Waals surface area contributed by atoms with Gasteiger partial charge in [0.25, 0.3) is 0 Å². The molecule has 6 heteroatoms. The number of aromatic amines is 1. The summed E-state index contributed by atoms with van der Waals surface area (Å²) in [6.07, 6.45) is -0.0821. The van der Waals surface area contributed by atoms with E-state index in [9.17, 15) is 9.90 Å². The van der Waals surface area contributed by atoms with Crippen molar-refractivity contribution in [3.05, 3.63) is 30.0 Å². The van der Waals surface area contributed by atoms with Gasteiger partial charge in [-0.2, -0.15) is 5.10 Å². The van der Waals surface area contributed by atoms with Gasteiger partial charge >= 0.3 is 6.09 Å². The molecule has 0 spiro atoms. The summed E-state index contributed by atoms with van der Waals surface area (Å²) in [4.78, 5) is 11.7. The van der Waals surface area contributed by atoms with Gasteiger partial charge in [0.2, 0.25) is 0 Å². The molecule has 1 amide bonds. The highest BCUT2D eigenvalue weighted by Gasteiger charge is 2.20. The number of para-hydroxylation sites is 1. The first kappa shape index (κ1) is 15.3. The topological polar surface area (TPSA) is 87.2 Å². The van der Waals surface area contributed by atoms with Crippen molar-refractivity contribution in [2.75, 3.05) is 6.61 Å². The Kier molecular flexibility index (Phi) is 4.47. The molecular formula is C15H21N3O3. The molecule has 6 nitrogen and oxygen atoms in total. The van der Waals surface area contributed by atoms with Crippen LogP contribution in [0.2, 0.25) is 0 Å². The number of nitrogens with one attached hydrogen (secondary N) is 2. The average Bonchev–Trinajstić information content (AvgIpc) is 2.79. The summed E-state index contributed by atoms with van der Waals surface area (Å²) in [6, 6.07) is 7.27. The lowest BCUT2D eigenvalue weighted by Gasteiger charge is -2.22. The molecule has 1 atom stereocenters. The normalized spacial score (nSPS) is 13.1.